The molecule has 1 aromatic heterocycles. The number of hydrogen-bond donors (Lipinski definition) is 0. The Bertz CT molecular complexity index is 1010. The van der Waals surface area contributed by atoms with Gasteiger partial charge in [-0.1, -0.05) is 48.6 Å². The van der Waals surface area contributed by atoms with Crippen LogP contribution in [-0.4, -0.2) is 19.1 Å². The van der Waals surface area contributed by atoms with Crippen LogP contribution in [0.5, 0.6) is 0 Å². The number of hydrogen-bond acceptors (Lipinski definition) is 3. The van der Waals surface area contributed by atoms with Gasteiger partial charge in [0.1, 0.15) is 5.52 Å². The van der Waals surface area contributed by atoms with E-state index in [4.69, 9.17) is 4.42 Å². The third kappa shape index (κ3) is 3.38. The summed E-state index contributed by atoms with van der Waals surface area (Å²) in [5.41, 5.74) is 6.19. The van der Waals surface area contributed by atoms with Crippen molar-refractivity contribution in [2.45, 2.75) is 0 Å². The standard InChI is InChI=1S/C23H20N2O/c1-25(2)20-15-11-18(12-16-20)8-7-17-9-13-19(14-10-17)23-24-21-5-3-4-6-22(21)26-23/h3-16H,1-2H3/b8-7+. The zero-order valence-corrected chi connectivity index (χ0v) is 14.9. The topological polar surface area (TPSA) is 29.3 Å². The smallest absolute Gasteiger partial charge is 0.227 e. The van der Waals surface area contributed by atoms with Crippen molar-refractivity contribution in [2.75, 3.05) is 19.0 Å². The summed E-state index contributed by atoms with van der Waals surface area (Å²) in [6.07, 6.45) is 4.23. The fraction of sp³-hybridized carbons (Fsp3) is 0.0870. The number of para-hydroxylation sites is 2. The van der Waals surface area contributed by atoms with Crippen molar-refractivity contribution in [1.29, 1.82) is 0 Å². The van der Waals surface area contributed by atoms with Crippen molar-refractivity contribution in [3.05, 3.63) is 83.9 Å². The number of rotatable bonds is 4. The van der Waals surface area contributed by atoms with Crippen LogP contribution in [0.15, 0.2) is 77.2 Å². The van der Waals surface area contributed by atoms with E-state index in [0.717, 1.165) is 22.2 Å². The van der Waals surface area contributed by atoms with Gasteiger partial charge in [-0.2, -0.15) is 0 Å². The van der Waals surface area contributed by atoms with Crippen LogP contribution in [0, 0.1) is 0 Å². The Labute approximate surface area is 153 Å². The van der Waals surface area contributed by atoms with Gasteiger partial charge in [0, 0.05) is 25.3 Å². The summed E-state index contributed by atoms with van der Waals surface area (Å²) in [5.74, 6) is 0.654. The number of anilines is 1. The van der Waals surface area contributed by atoms with Crippen LogP contribution in [0.4, 0.5) is 5.69 Å². The van der Waals surface area contributed by atoms with Crippen LogP contribution in [0.1, 0.15) is 11.1 Å². The summed E-state index contributed by atoms with van der Waals surface area (Å²) in [7, 11) is 4.09. The Balaban J connectivity index is 1.52. The SMILES string of the molecule is CN(C)c1ccc(/C=C/c2ccc(-c3nc4ccccc4o3)cc2)cc1. The number of nitrogens with zero attached hydrogens (tertiary/aromatic N) is 2. The van der Waals surface area contributed by atoms with Gasteiger partial charge < -0.3 is 9.32 Å². The third-order valence-corrected chi connectivity index (χ3v) is 4.33. The Hall–Kier alpha value is -3.33. The molecule has 26 heavy (non-hydrogen) atoms. The molecule has 0 radical (unpaired) electrons. The highest BCUT2D eigenvalue weighted by Gasteiger charge is 2.06. The minimum atomic E-state index is 0.654. The Morgan fingerprint density at radius 2 is 1.38 bits per heavy atom. The first kappa shape index (κ1) is 16.2. The third-order valence-electron chi connectivity index (χ3n) is 4.33. The van der Waals surface area contributed by atoms with Gasteiger partial charge in [0.05, 0.1) is 0 Å². The molecule has 0 saturated heterocycles. The van der Waals surface area contributed by atoms with Crippen LogP contribution in [0.25, 0.3) is 34.7 Å². The summed E-state index contributed by atoms with van der Waals surface area (Å²) < 4.78 is 5.82. The van der Waals surface area contributed by atoms with Crippen LogP contribution in [0.3, 0.4) is 0 Å². The molecule has 0 spiro atoms. The lowest BCUT2D eigenvalue weighted by molar-refractivity contribution is 0.620. The predicted octanol–water partition coefficient (Wildman–Crippen LogP) is 5.73. The molecule has 0 aliphatic heterocycles. The minimum absolute atomic E-state index is 0.654. The quantitative estimate of drug-likeness (QED) is 0.444. The molecule has 0 atom stereocenters. The number of benzene rings is 3. The van der Waals surface area contributed by atoms with E-state index in [1.807, 2.05) is 50.5 Å². The lowest BCUT2D eigenvalue weighted by Gasteiger charge is -2.11. The minimum Gasteiger partial charge on any atom is -0.436 e. The molecule has 0 fully saturated rings. The van der Waals surface area contributed by atoms with E-state index in [-0.39, 0.29) is 0 Å². The van der Waals surface area contributed by atoms with E-state index < -0.39 is 0 Å². The molecule has 0 unspecified atom stereocenters. The van der Waals surface area contributed by atoms with E-state index in [9.17, 15) is 0 Å². The van der Waals surface area contributed by atoms with E-state index in [1.165, 1.54) is 11.3 Å². The summed E-state index contributed by atoms with van der Waals surface area (Å²) >= 11 is 0. The van der Waals surface area contributed by atoms with Crippen molar-refractivity contribution < 1.29 is 4.42 Å². The van der Waals surface area contributed by atoms with Crippen LogP contribution in [-0.2, 0) is 0 Å². The van der Waals surface area contributed by atoms with Gasteiger partial charge in [0.25, 0.3) is 0 Å². The van der Waals surface area contributed by atoms with Crippen LogP contribution in [0.2, 0.25) is 0 Å². The molecule has 3 heteroatoms. The van der Waals surface area contributed by atoms with Crippen LogP contribution < -0.4 is 4.90 Å². The average molecular weight is 340 g/mol. The molecule has 128 valence electrons. The fourth-order valence-corrected chi connectivity index (χ4v) is 2.81. The van der Waals surface area contributed by atoms with Crippen molar-refractivity contribution in [3.63, 3.8) is 0 Å². The molecule has 4 rings (SSSR count). The van der Waals surface area contributed by atoms with Gasteiger partial charge in [-0.05, 0) is 47.5 Å². The number of aromatic nitrogens is 1. The fourth-order valence-electron chi connectivity index (χ4n) is 2.81. The molecule has 4 aromatic rings. The van der Waals surface area contributed by atoms with E-state index >= 15 is 0 Å². The number of fused-ring (bicyclic) bond motifs is 1. The van der Waals surface area contributed by atoms with E-state index in [1.54, 1.807) is 0 Å². The Morgan fingerprint density at radius 1 is 0.769 bits per heavy atom. The van der Waals surface area contributed by atoms with Crippen molar-refractivity contribution in [3.8, 4) is 11.5 Å². The second-order valence-corrected chi connectivity index (χ2v) is 6.43. The summed E-state index contributed by atoms with van der Waals surface area (Å²) in [6.45, 7) is 0. The van der Waals surface area contributed by atoms with Crippen molar-refractivity contribution in [1.82, 2.24) is 4.98 Å². The normalized spacial score (nSPS) is 11.3. The van der Waals surface area contributed by atoms with Gasteiger partial charge in [-0.3, -0.25) is 0 Å². The van der Waals surface area contributed by atoms with Crippen molar-refractivity contribution >= 4 is 28.9 Å². The van der Waals surface area contributed by atoms with Gasteiger partial charge in [0.15, 0.2) is 5.58 Å². The highest BCUT2D eigenvalue weighted by Crippen LogP contribution is 2.24. The largest absolute Gasteiger partial charge is 0.436 e. The monoisotopic (exact) mass is 340 g/mol. The molecule has 3 nitrogen and oxygen atoms in total. The summed E-state index contributed by atoms with van der Waals surface area (Å²) in [4.78, 5) is 6.64. The van der Waals surface area contributed by atoms with Gasteiger partial charge >= 0.3 is 0 Å². The maximum Gasteiger partial charge on any atom is 0.227 e. The summed E-state index contributed by atoms with van der Waals surface area (Å²) in [5, 5.41) is 0. The Kier molecular flexibility index (Phi) is 4.28. The molecule has 0 amide bonds. The summed E-state index contributed by atoms with van der Waals surface area (Å²) in [6, 6.07) is 24.5. The van der Waals surface area contributed by atoms with Crippen molar-refractivity contribution in [2.24, 2.45) is 0 Å². The molecule has 1 heterocycles. The van der Waals surface area contributed by atoms with E-state index in [2.05, 4.69) is 58.4 Å². The molecule has 3 aromatic carbocycles. The first-order valence-corrected chi connectivity index (χ1v) is 8.60. The zero-order valence-electron chi connectivity index (χ0n) is 14.9. The van der Waals surface area contributed by atoms with Gasteiger partial charge in [-0.15, -0.1) is 0 Å². The zero-order chi connectivity index (χ0) is 17.9. The molecular formula is C23H20N2O. The molecular weight excluding hydrogens is 320 g/mol. The molecule has 0 aliphatic carbocycles. The van der Waals surface area contributed by atoms with Gasteiger partial charge in [0.2, 0.25) is 5.89 Å². The Morgan fingerprint density at radius 3 is 2.00 bits per heavy atom. The number of oxazole rings is 1. The maximum absolute atomic E-state index is 5.82. The lowest BCUT2D eigenvalue weighted by atomic mass is 10.1. The van der Waals surface area contributed by atoms with Gasteiger partial charge in [-0.25, -0.2) is 4.98 Å². The molecule has 0 bridgehead atoms. The molecule has 0 N–H and O–H groups in total. The second-order valence-electron chi connectivity index (χ2n) is 6.43. The average Bonchev–Trinajstić information content (AvgIpc) is 3.11. The highest BCUT2D eigenvalue weighted by molar-refractivity contribution is 5.76. The first-order chi connectivity index (χ1) is 12.7. The predicted molar refractivity (Wildman–Crippen MR) is 109 cm³/mol. The van der Waals surface area contributed by atoms with Crippen LogP contribution >= 0.6 is 0 Å². The highest BCUT2D eigenvalue weighted by atomic mass is 16.3. The molecule has 0 aliphatic rings. The second kappa shape index (κ2) is 6.89. The first-order valence-electron chi connectivity index (χ1n) is 8.60. The maximum atomic E-state index is 5.82. The molecule has 0 saturated carbocycles. The lowest BCUT2D eigenvalue weighted by Crippen LogP contribution is -2.07. The van der Waals surface area contributed by atoms with E-state index in [0.29, 0.717) is 5.89 Å².